The molecule has 0 spiro atoms. The lowest BCUT2D eigenvalue weighted by Gasteiger charge is -2.43. The molecule has 1 aliphatic carbocycles. The van der Waals surface area contributed by atoms with Crippen molar-refractivity contribution in [1.82, 2.24) is 10.2 Å². The second-order valence-electron chi connectivity index (χ2n) is 5.55. The summed E-state index contributed by atoms with van der Waals surface area (Å²) in [5, 5.41) is 3.09. The van der Waals surface area contributed by atoms with E-state index in [0.29, 0.717) is 0 Å². The predicted octanol–water partition coefficient (Wildman–Crippen LogP) is 2.44. The van der Waals surface area contributed by atoms with Crippen molar-refractivity contribution < 1.29 is 4.79 Å². The maximum Gasteiger partial charge on any atom is 0.222 e. The van der Waals surface area contributed by atoms with Gasteiger partial charge in [0.2, 0.25) is 5.91 Å². The minimum absolute atomic E-state index is 0. The fourth-order valence-corrected chi connectivity index (χ4v) is 2.45. The highest BCUT2D eigenvalue weighted by Crippen LogP contribution is 2.31. The first-order chi connectivity index (χ1) is 7.48. The van der Waals surface area contributed by atoms with Gasteiger partial charge in [0.15, 0.2) is 0 Å². The first-order valence-corrected chi connectivity index (χ1v) is 6.43. The Hall–Kier alpha value is -0.280. The van der Waals surface area contributed by atoms with Crippen LogP contribution in [0.1, 0.15) is 46.0 Å². The normalized spacial score (nSPS) is 18.9. The Labute approximate surface area is 112 Å². The van der Waals surface area contributed by atoms with Gasteiger partial charge in [0.05, 0.1) is 0 Å². The zero-order valence-corrected chi connectivity index (χ0v) is 12.4. The molecule has 1 fully saturated rings. The van der Waals surface area contributed by atoms with Crippen molar-refractivity contribution in [3.05, 3.63) is 0 Å². The van der Waals surface area contributed by atoms with Gasteiger partial charge in [-0.15, -0.1) is 12.4 Å². The van der Waals surface area contributed by atoms with E-state index < -0.39 is 0 Å². The second-order valence-corrected chi connectivity index (χ2v) is 5.55. The number of carbonyl (C=O) groups is 1. The van der Waals surface area contributed by atoms with Gasteiger partial charge in [-0.3, -0.25) is 4.79 Å². The summed E-state index contributed by atoms with van der Waals surface area (Å²) in [6.45, 7) is 4.69. The summed E-state index contributed by atoms with van der Waals surface area (Å²) in [5.41, 5.74) is 0.197. The third-order valence-corrected chi connectivity index (χ3v) is 3.85. The molecule has 0 aliphatic heterocycles. The lowest BCUT2D eigenvalue weighted by molar-refractivity contribution is -0.124. The highest BCUT2D eigenvalue weighted by atomic mass is 35.5. The third kappa shape index (κ3) is 4.47. The number of carbonyl (C=O) groups excluding carboxylic acids is 1. The molecule has 17 heavy (non-hydrogen) atoms. The van der Waals surface area contributed by atoms with Gasteiger partial charge in [0, 0.05) is 18.0 Å². The summed E-state index contributed by atoms with van der Waals surface area (Å²) in [6.07, 6.45) is 6.33. The molecular formula is C13H27ClN2O. The van der Waals surface area contributed by atoms with Crippen molar-refractivity contribution >= 4 is 18.3 Å². The Morgan fingerprint density at radius 2 is 1.76 bits per heavy atom. The van der Waals surface area contributed by atoms with E-state index in [4.69, 9.17) is 0 Å². The molecule has 0 aromatic carbocycles. The van der Waals surface area contributed by atoms with E-state index in [1.165, 1.54) is 32.1 Å². The molecule has 1 N–H and O–H groups in total. The van der Waals surface area contributed by atoms with Crippen LogP contribution in [0.3, 0.4) is 0 Å². The summed E-state index contributed by atoms with van der Waals surface area (Å²) >= 11 is 0. The Morgan fingerprint density at radius 1 is 1.24 bits per heavy atom. The summed E-state index contributed by atoms with van der Waals surface area (Å²) in [5.74, 6) is 0.259. The van der Waals surface area contributed by atoms with Gasteiger partial charge in [-0.2, -0.15) is 0 Å². The molecule has 0 heterocycles. The molecule has 102 valence electrons. The van der Waals surface area contributed by atoms with Crippen molar-refractivity contribution in [1.29, 1.82) is 0 Å². The molecule has 1 saturated carbocycles. The van der Waals surface area contributed by atoms with Crippen molar-refractivity contribution in [3.63, 3.8) is 0 Å². The lowest BCUT2D eigenvalue weighted by Crippen LogP contribution is -2.54. The van der Waals surface area contributed by atoms with Crippen molar-refractivity contribution in [3.8, 4) is 0 Å². The standard InChI is InChI=1S/C13H26N2O.ClH/c1-11(2)12(16)14-10-13(15(3)4)8-6-5-7-9-13;/h11H,5-10H2,1-4H3,(H,14,16);1H. The molecule has 1 aliphatic rings. The Kier molecular flexibility index (Phi) is 7.10. The van der Waals surface area contributed by atoms with Gasteiger partial charge in [0.25, 0.3) is 0 Å². The van der Waals surface area contributed by atoms with Crippen LogP contribution >= 0.6 is 12.4 Å². The van der Waals surface area contributed by atoms with Crippen LogP contribution < -0.4 is 5.32 Å². The van der Waals surface area contributed by atoms with E-state index in [1.807, 2.05) is 13.8 Å². The van der Waals surface area contributed by atoms with Crippen LogP contribution in [0, 0.1) is 5.92 Å². The molecule has 0 unspecified atom stereocenters. The monoisotopic (exact) mass is 262 g/mol. The predicted molar refractivity (Wildman–Crippen MR) is 74.6 cm³/mol. The quantitative estimate of drug-likeness (QED) is 0.844. The minimum atomic E-state index is 0. The maximum absolute atomic E-state index is 11.6. The zero-order valence-electron chi connectivity index (χ0n) is 11.6. The van der Waals surface area contributed by atoms with E-state index in [2.05, 4.69) is 24.3 Å². The van der Waals surface area contributed by atoms with Crippen LogP contribution in [0.5, 0.6) is 0 Å². The zero-order chi connectivity index (χ0) is 12.2. The van der Waals surface area contributed by atoms with Crippen LogP contribution in [-0.2, 0) is 4.79 Å². The van der Waals surface area contributed by atoms with Gasteiger partial charge in [-0.25, -0.2) is 0 Å². The Morgan fingerprint density at radius 3 is 2.18 bits per heavy atom. The fraction of sp³-hybridized carbons (Fsp3) is 0.923. The summed E-state index contributed by atoms with van der Waals surface area (Å²) < 4.78 is 0. The smallest absolute Gasteiger partial charge is 0.222 e. The topological polar surface area (TPSA) is 32.3 Å². The maximum atomic E-state index is 11.6. The SMILES string of the molecule is CC(C)C(=O)NCC1(N(C)C)CCCCC1.Cl. The highest BCUT2D eigenvalue weighted by molar-refractivity contribution is 5.85. The highest BCUT2D eigenvalue weighted by Gasteiger charge is 2.34. The van der Waals surface area contributed by atoms with Gasteiger partial charge in [0.1, 0.15) is 0 Å². The molecule has 0 radical (unpaired) electrons. The molecule has 0 atom stereocenters. The Balaban J connectivity index is 0.00000256. The molecule has 4 heteroatoms. The molecule has 3 nitrogen and oxygen atoms in total. The average molecular weight is 263 g/mol. The third-order valence-electron chi connectivity index (χ3n) is 3.85. The number of nitrogens with zero attached hydrogens (tertiary/aromatic N) is 1. The van der Waals surface area contributed by atoms with Gasteiger partial charge < -0.3 is 10.2 Å². The summed E-state index contributed by atoms with van der Waals surface area (Å²) in [6, 6.07) is 0. The van der Waals surface area contributed by atoms with E-state index in [9.17, 15) is 4.79 Å². The van der Waals surface area contributed by atoms with Crippen molar-refractivity contribution in [2.24, 2.45) is 5.92 Å². The number of hydrogen-bond donors (Lipinski definition) is 1. The van der Waals surface area contributed by atoms with Crippen molar-refractivity contribution in [2.75, 3.05) is 20.6 Å². The lowest BCUT2D eigenvalue weighted by atomic mass is 9.80. The van der Waals surface area contributed by atoms with Crippen molar-refractivity contribution in [2.45, 2.75) is 51.5 Å². The second kappa shape index (κ2) is 7.22. The molecule has 0 aromatic heterocycles. The van der Waals surface area contributed by atoms with Gasteiger partial charge >= 0.3 is 0 Å². The van der Waals surface area contributed by atoms with E-state index in [0.717, 1.165) is 6.54 Å². The first-order valence-electron chi connectivity index (χ1n) is 6.43. The molecule has 0 aromatic rings. The molecule has 0 bridgehead atoms. The van der Waals surface area contributed by atoms with Crippen LogP contribution in [0.25, 0.3) is 0 Å². The Bertz CT molecular complexity index is 236. The molecule has 0 saturated heterocycles. The number of amides is 1. The molecule has 1 rings (SSSR count). The van der Waals surface area contributed by atoms with Crippen LogP contribution in [0.2, 0.25) is 0 Å². The number of hydrogen-bond acceptors (Lipinski definition) is 2. The number of halogens is 1. The van der Waals surface area contributed by atoms with E-state index in [1.54, 1.807) is 0 Å². The van der Waals surface area contributed by atoms with Crippen LogP contribution in [-0.4, -0.2) is 37.0 Å². The van der Waals surface area contributed by atoms with Gasteiger partial charge in [-0.05, 0) is 26.9 Å². The molecule has 1 amide bonds. The number of likely N-dealkylation sites (N-methyl/N-ethyl adjacent to an activating group) is 1. The minimum Gasteiger partial charge on any atom is -0.354 e. The van der Waals surface area contributed by atoms with E-state index in [-0.39, 0.29) is 29.8 Å². The van der Waals surface area contributed by atoms with Gasteiger partial charge in [-0.1, -0.05) is 33.1 Å². The molecular weight excluding hydrogens is 236 g/mol. The van der Waals surface area contributed by atoms with E-state index >= 15 is 0 Å². The van der Waals surface area contributed by atoms with Crippen LogP contribution in [0.15, 0.2) is 0 Å². The number of rotatable bonds is 4. The first kappa shape index (κ1) is 16.7. The summed E-state index contributed by atoms with van der Waals surface area (Å²) in [4.78, 5) is 13.9. The largest absolute Gasteiger partial charge is 0.354 e. The fourth-order valence-electron chi connectivity index (χ4n) is 2.45. The number of nitrogens with one attached hydrogen (secondary N) is 1. The van der Waals surface area contributed by atoms with Crippen LogP contribution in [0.4, 0.5) is 0 Å². The average Bonchev–Trinajstić information content (AvgIpc) is 2.26. The summed E-state index contributed by atoms with van der Waals surface area (Å²) in [7, 11) is 4.26.